The molecule has 2 heteroatoms. The summed E-state index contributed by atoms with van der Waals surface area (Å²) in [5, 5.41) is 2.71. The van der Waals surface area contributed by atoms with Gasteiger partial charge in [-0.2, -0.15) is 0 Å². The van der Waals surface area contributed by atoms with E-state index in [1.54, 1.807) is 7.05 Å². The molecule has 1 rings (SSSR count). The Kier molecular flexibility index (Phi) is 9.18. The van der Waals surface area contributed by atoms with Crippen LogP contribution in [0.3, 0.4) is 0 Å². The van der Waals surface area contributed by atoms with Crippen molar-refractivity contribution in [3.05, 3.63) is 82.5 Å². The van der Waals surface area contributed by atoms with Crippen molar-refractivity contribution in [2.45, 2.75) is 60.8 Å². The highest BCUT2D eigenvalue weighted by atomic mass is 16.1. The van der Waals surface area contributed by atoms with Crippen molar-refractivity contribution in [2.24, 2.45) is 5.41 Å². The van der Waals surface area contributed by atoms with Gasteiger partial charge in [0.15, 0.2) is 0 Å². The summed E-state index contributed by atoms with van der Waals surface area (Å²) in [5.41, 5.74) is 6.86. The maximum Gasteiger partial charge on any atom is 0.246 e. The third kappa shape index (κ3) is 8.12. The van der Waals surface area contributed by atoms with Gasteiger partial charge in [-0.3, -0.25) is 4.79 Å². The largest absolute Gasteiger partial charge is 0.355 e. The van der Waals surface area contributed by atoms with E-state index in [0.29, 0.717) is 5.57 Å². The topological polar surface area (TPSA) is 29.1 Å². The second-order valence-corrected chi connectivity index (χ2v) is 8.67. The van der Waals surface area contributed by atoms with Crippen molar-refractivity contribution in [1.29, 1.82) is 0 Å². The quantitative estimate of drug-likeness (QED) is 0.402. The number of rotatable bonds is 8. The van der Waals surface area contributed by atoms with Gasteiger partial charge in [0, 0.05) is 12.6 Å². The molecular weight excluding hydrogens is 342 g/mol. The minimum atomic E-state index is -0.0599. The normalized spacial score (nSPS) is 13.8. The van der Waals surface area contributed by atoms with Crippen LogP contribution in [-0.4, -0.2) is 13.0 Å². The lowest BCUT2D eigenvalue weighted by atomic mass is 9.84. The van der Waals surface area contributed by atoms with Crippen molar-refractivity contribution < 1.29 is 4.79 Å². The van der Waals surface area contributed by atoms with E-state index in [9.17, 15) is 4.79 Å². The lowest BCUT2D eigenvalue weighted by molar-refractivity contribution is -0.116. The van der Waals surface area contributed by atoms with Crippen LogP contribution in [0.2, 0.25) is 0 Å². The SMILES string of the molecule is C=C(CC(C)(C)C)C(/C=C(\C)C(=O)NC)=C/C(Cc1ccccc1)=C(C)CC. The van der Waals surface area contributed by atoms with Gasteiger partial charge in [0.25, 0.3) is 0 Å². The van der Waals surface area contributed by atoms with E-state index in [4.69, 9.17) is 0 Å². The molecule has 0 spiro atoms. The molecule has 0 aliphatic carbocycles. The van der Waals surface area contributed by atoms with Crippen LogP contribution in [0.4, 0.5) is 0 Å². The van der Waals surface area contributed by atoms with Crippen LogP contribution in [0.1, 0.15) is 59.9 Å². The number of benzene rings is 1. The molecule has 0 saturated carbocycles. The number of nitrogens with one attached hydrogen (secondary N) is 1. The molecule has 0 fully saturated rings. The second-order valence-electron chi connectivity index (χ2n) is 8.67. The molecular formula is C26H37NO. The fourth-order valence-corrected chi connectivity index (χ4v) is 3.04. The lowest BCUT2D eigenvalue weighted by Crippen LogP contribution is -2.18. The third-order valence-electron chi connectivity index (χ3n) is 4.75. The zero-order valence-corrected chi connectivity index (χ0v) is 18.8. The summed E-state index contributed by atoms with van der Waals surface area (Å²) in [4.78, 5) is 12.1. The molecule has 0 aliphatic rings. The zero-order valence-electron chi connectivity index (χ0n) is 18.8. The lowest BCUT2D eigenvalue weighted by Gasteiger charge is -2.21. The second kappa shape index (κ2) is 10.8. The van der Waals surface area contributed by atoms with Crippen molar-refractivity contribution in [3.8, 4) is 0 Å². The van der Waals surface area contributed by atoms with Crippen molar-refractivity contribution in [1.82, 2.24) is 5.32 Å². The number of amides is 1. The molecule has 152 valence electrons. The Morgan fingerprint density at radius 2 is 1.71 bits per heavy atom. The van der Waals surface area contributed by atoms with Crippen molar-refractivity contribution in [2.75, 3.05) is 7.05 Å². The first-order valence-corrected chi connectivity index (χ1v) is 10.1. The van der Waals surface area contributed by atoms with Crippen LogP contribution < -0.4 is 5.32 Å². The first-order chi connectivity index (χ1) is 13.1. The molecule has 1 amide bonds. The average Bonchev–Trinajstić information content (AvgIpc) is 2.64. The van der Waals surface area contributed by atoms with Crippen LogP contribution in [0.15, 0.2) is 76.9 Å². The molecule has 1 N–H and O–H groups in total. The summed E-state index contributed by atoms with van der Waals surface area (Å²) in [5.74, 6) is -0.0599. The molecule has 0 aromatic heterocycles. The van der Waals surface area contributed by atoms with Gasteiger partial charge < -0.3 is 5.32 Å². The van der Waals surface area contributed by atoms with Crippen LogP contribution in [0.5, 0.6) is 0 Å². The minimum absolute atomic E-state index is 0.0599. The highest BCUT2D eigenvalue weighted by Gasteiger charge is 2.15. The number of carbonyl (C=O) groups excluding carboxylic acids is 1. The molecule has 1 aromatic rings. The molecule has 0 atom stereocenters. The van der Waals surface area contributed by atoms with Gasteiger partial charge in [0.1, 0.15) is 0 Å². The van der Waals surface area contributed by atoms with Gasteiger partial charge in [-0.25, -0.2) is 0 Å². The summed E-state index contributed by atoms with van der Waals surface area (Å²) < 4.78 is 0. The number of hydrogen-bond donors (Lipinski definition) is 1. The summed E-state index contributed by atoms with van der Waals surface area (Å²) in [6.45, 7) is 17.2. The number of allylic oxidation sites excluding steroid dienone is 6. The molecule has 2 nitrogen and oxygen atoms in total. The molecule has 0 aliphatic heterocycles. The van der Waals surface area contributed by atoms with E-state index in [1.807, 2.05) is 19.1 Å². The van der Waals surface area contributed by atoms with E-state index in [0.717, 1.165) is 30.4 Å². The molecule has 0 unspecified atom stereocenters. The van der Waals surface area contributed by atoms with E-state index in [-0.39, 0.29) is 11.3 Å². The van der Waals surface area contributed by atoms with Crippen LogP contribution >= 0.6 is 0 Å². The number of hydrogen-bond acceptors (Lipinski definition) is 1. The summed E-state index contributed by atoms with van der Waals surface area (Å²) in [6.07, 6.45) is 6.95. The molecule has 28 heavy (non-hydrogen) atoms. The van der Waals surface area contributed by atoms with E-state index < -0.39 is 0 Å². The fraction of sp³-hybridized carbons (Fsp3) is 0.423. The molecule has 0 saturated heterocycles. The number of carbonyl (C=O) groups is 1. The van der Waals surface area contributed by atoms with Crippen LogP contribution in [0, 0.1) is 5.41 Å². The average molecular weight is 380 g/mol. The van der Waals surface area contributed by atoms with E-state index in [2.05, 4.69) is 76.9 Å². The Balaban J connectivity index is 3.42. The van der Waals surface area contributed by atoms with Gasteiger partial charge in [0.2, 0.25) is 5.91 Å². The van der Waals surface area contributed by atoms with Gasteiger partial charge >= 0.3 is 0 Å². The zero-order chi connectivity index (χ0) is 21.3. The van der Waals surface area contributed by atoms with Crippen LogP contribution in [0.25, 0.3) is 0 Å². The van der Waals surface area contributed by atoms with Gasteiger partial charge in [-0.15, -0.1) is 0 Å². The van der Waals surface area contributed by atoms with Gasteiger partial charge in [-0.1, -0.05) is 76.3 Å². The molecule has 0 radical (unpaired) electrons. The highest BCUT2D eigenvalue weighted by molar-refractivity contribution is 5.93. The van der Waals surface area contributed by atoms with Gasteiger partial charge in [0.05, 0.1) is 0 Å². The van der Waals surface area contributed by atoms with Crippen molar-refractivity contribution in [3.63, 3.8) is 0 Å². The summed E-state index contributed by atoms with van der Waals surface area (Å²) in [6, 6.07) is 10.5. The number of likely N-dealkylation sites (N-methyl/N-ethyl adjacent to an activating group) is 1. The fourth-order valence-electron chi connectivity index (χ4n) is 3.04. The Morgan fingerprint density at radius 1 is 1.11 bits per heavy atom. The monoisotopic (exact) mass is 379 g/mol. The smallest absolute Gasteiger partial charge is 0.246 e. The van der Waals surface area contributed by atoms with E-state index in [1.165, 1.54) is 16.7 Å². The Bertz CT molecular complexity index is 770. The van der Waals surface area contributed by atoms with E-state index >= 15 is 0 Å². The summed E-state index contributed by atoms with van der Waals surface area (Å²) in [7, 11) is 1.66. The maximum atomic E-state index is 12.1. The molecule has 1 aromatic carbocycles. The Hall–Kier alpha value is -2.35. The van der Waals surface area contributed by atoms with Gasteiger partial charge in [-0.05, 0) is 66.9 Å². The third-order valence-corrected chi connectivity index (χ3v) is 4.75. The first kappa shape index (κ1) is 23.7. The maximum absolute atomic E-state index is 12.1. The Labute approximate surface area is 172 Å². The summed E-state index contributed by atoms with van der Waals surface area (Å²) >= 11 is 0. The highest BCUT2D eigenvalue weighted by Crippen LogP contribution is 2.30. The van der Waals surface area contributed by atoms with Crippen molar-refractivity contribution >= 4 is 5.91 Å². The Morgan fingerprint density at radius 3 is 2.21 bits per heavy atom. The predicted octanol–water partition coefficient (Wildman–Crippen LogP) is 6.57. The standard InChI is InChI=1S/C26H37NO/c1-9-19(2)24(16-22-13-11-10-12-14-22)17-23(15-20(3)25(28)27-8)21(4)18-26(5,6)7/h10-15,17H,4,9,16,18H2,1-3,5-8H3,(H,27,28)/b20-15+,23-17+,24-19?. The van der Waals surface area contributed by atoms with Crippen LogP contribution in [-0.2, 0) is 11.2 Å². The molecule has 0 heterocycles. The predicted molar refractivity (Wildman–Crippen MR) is 122 cm³/mol. The first-order valence-electron chi connectivity index (χ1n) is 10.1. The minimum Gasteiger partial charge on any atom is -0.355 e. The molecule has 0 bridgehead atoms.